The molecule has 0 aliphatic rings. The van der Waals surface area contributed by atoms with E-state index in [2.05, 4.69) is 4.98 Å². The minimum Gasteiger partial charge on any atom is -0.448 e. The SMILES string of the molecule is CCc1nc(C(=O)N(CC)c2ccc(C(F)(F)F)cc2)co1. The van der Waals surface area contributed by atoms with Gasteiger partial charge in [-0.2, -0.15) is 13.2 Å². The van der Waals surface area contributed by atoms with E-state index in [1.54, 1.807) is 6.92 Å². The van der Waals surface area contributed by atoms with Crippen LogP contribution in [0.1, 0.15) is 35.8 Å². The molecule has 22 heavy (non-hydrogen) atoms. The zero-order valence-electron chi connectivity index (χ0n) is 12.1. The molecule has 0 spiro atoms. The van der Waals surface area contributed by atoms with Crippen LogP contribution in [0.3, 0.4) is 0 Å². The molecule has 1 aromatic heterocycles. The van der Waals surface area contributed by atoms with Crippen LogP contribution in [0, 0.1) is 0 Å². The lowest BCUT2D eigenvalue weighted by atomic mass is 10.2. The summed E-state index contributed by atoms with van der Waals surface area (Å²) in [4.78, 5) is 17.8. The monoisotopic (exact) mass is 312 g/mol. The van der Waals surface area contributed by atoms with Crippen LogP contribution in [0.25, 0.3) is 0 Å². The molecule has 0 aliphatic carbocycles. The molecule has 7 heteroatoms. The van der Waals surface area contributed by atoms with E-state index in [9.17, 15) is 18.0 Å². The summed E-state index contributed by atoms with van der Waals surface area (Å²) in [5.74, 6) is 0.0255. The predicted octanol–water partition coefficient (Wildman–Crippen LogP) is 3.92. The second kappa shape index (κ2) is 6.21. The van der Waals surface area contributed by atoms with E-state index in [1.807, 2.05) is 6.92 Å². The van der Waals surface area contributed by atoms with Crippen molar-refractivity contribution in [2.75, 3.05) is 11.4 Å². The van der Waals surface area contributed by atoms with Gasteiger partial charge in [0.05, 0.1) is 5.56 Å². The first kappa shape index (κ1) is 16.1. The molecule has 2 rings (SSSR count). The predicted molar refractivity (Wildman–Crippen MR) is 74.7 cm³/mol. The summed E-state index contributed by atoms with van der Waals surface area (Å²) in [5.41, 5.74) is -0.241. The first-order chi connectivity index (χ1) is 10.4. The molecule has 1 amide bonds. The maximum Gasteiger partial charge on any atom is 0.416 e. The fourth-order valence-electron chi connectivity index (χ4n) is 1.98. The minimum absolute atomic E-state index is 0.138. The summed E-state index contributed by atoms with van der Waals surface area (Å²) in [7, 11) is 0. The summed E-state index contributed by atoms with van der Waals surface area (Å²) in [6, 6.07) is 4.44. The van der Waals surface area contributed by atoms with Crippen molar-refractivity contribution in [1.82, 2.24) is 4.98 Å². The van der Waals surface area contributed by atoms with E-state index in [0.717, 1.165) is 12.1 Å². The third-order valence-corrected chi connectivity index (χ3v) is 3.14. The average molecular weight is 312 g/mol. The van der Waals surface area contributed by atoms with E-state index >= 15 is 0 Å². The molecule has 1 heterocycles. The first-order valence-electron chi connectivity index (χ1n) is 6.80. The number of aryl methyl sites for hydroxylation is 1. The van der Waals surface area contributed by atoms with Gasteiger partial charge in [0.25, 0.3) is 5.91 Å². The van der Waals surface area contributed by atoms with Crippen molar-refractivity contribution in [3.63, 3.8) is 0 Å². The van der Waals surface area contributed by atoms with Crippen LogP contribution in [-0.2, 0) is 12.6 Å². The number of nitrogens with zero attached hydrogens (tertiary/aromatic N) is 2. The molecule has 4 nitrogen and oxygen atoms in total. The molecular weight excluding hydrogens is 297 g/mol. The fourth-order valence-corrected chi connectivity index (χ4v) is 1.98. The third kappa shape index (κ3) is 3.29. The van der Waals surface area contributed by atoms with Crippen LogP contribution in [0.4, 0.5) is 18.9 Å². The smallest absolute Gasteiger partial charge is 0.416 e. The minimum atomic E-state index is -4.40. The molecule has 2 aromatic rings. The molecule has 0 radical (unpaired) electrons. The first-order valence-corrected chi connectivity index (χ1v) is 6.80. The Balaban J connectivity index is 2.25. The molecular formula is C15H15F3N2O2. The van der Waals surface area contributed by atoms with Crippen LogP contribution in [0.15, 0.2) is 34.9 Å². The number of benzene rings is 1. The van der Waals surface area contributed by atoms with Crippen LogP contribution >= 0.6 is 0 Å². The molecule has 0 unspecified atom stereocenters. The Morgan fingerprint density at radius 3 is 2.32 bits per heavy atom. The van der Waals surface area contributed by atoms with E-state index in [4.69, 9.17) is 4.42 Å². The number of amides is 1. The van der Waals surface area contributed by atoms with Crippen LogP contribution < -0.4 is 4.90 Å². The second-order valence-electron chi connectivity index (χ2n) is 4.57. The number of aromatic nitrogens is 1. The van der Waals surface area contributed by atoms with Gasteiger partial charge in [-0.15, -0.1) is 0 Å². The number of alkyl halides is 3. The van der Waals surface area contributed by atoms with Crippen molar-refractivity contribution in [1.29, 1.82) is 0 Å². The highest BCUT2D eigenvalue weighted by atomic mass is 19.4. The number of carbonyl (C=O) groups is 1. The van der Waals surface area contributed by atoms with Gasteiger partial charge in [-0.1, -0.05) is 6.92 Å². The largest absolute Gasteiger partial charge is 0.448 e. The lowest BCUT2D eigenvalue weighted by Gasteiger charge is -2.20. The molecule has 0 saturated heterocycles. The van der Waals surface area contributed by atoms with Gasteiger partial charge >= 0.3 is 6.18 Å². The van der Waals surface area contributed by atoms with Crippen molar-refractivity contribution < 1.29 is 22.4 Å². The van der Waals surface area contributed by atoms with E-state index in [0.29, 0.717) is 24.5 Å². The van der Waals surface area contributed by atoms with Crippen molar-refractivity contribution in [2.45, 2.75) is 26.4 Å². The Hall–Kier alpha value is -2.31. The fraction of sp³-hybridized carbons (Fsp3) is 0.333. The number of anilines is 1. The molecule has 0 bridgehead atoms. The van der Waals surface area contributed by atoms with Gasteiger partial charge in [-0.25, -0.2) is 4.98 Å². The Kier molecular flexibility index (Phi) is 4.54. The van der Waals surface area contributed by atoms with Crippen molar-refractivity contribution in [3.05, 3.63) is 47.7 Å². The Labute approximate surface area is 125 Å². The second-order valence-corrected chi connectivity index (χ2v) is 4.57. The Bertz CT molecular complexity index is 648. The van der Waals surface area contributed by atoms with Gasteiger partial charge in [0.1, 0.15) is 6.26 Å². The number of carbonyl (C=O) groups excluding carboxylic acids is 1. The molecule has 0 aliphatic heterocycles. The molecule has 0 saturated carbocycles. The maximum absolute atomic E-state index is 12.6. The zero-order valence-corrected chi connectivity index (χ0v) is 12.1. The van der Waals surface area contributed by atoms with Crippen LogP contribution in [0.2, 0.25) is 0 Å². The average Bonchev–Trinajstić information content (AvgIpc) is 2.96. The number of halogens is 3. The molecule has 0 atom stereocenters. The normalized spacial score (nSPS) is 11.5. The topological polar surface area (TPSA) is 46.3 Å². The van der Waals surface area contributed by atoms with Gasteiger partial charge in [-0.3, -0.25) is 4.79 Å². The van der Waals surface area contributed by atoms with Crippen molar-refractivity contribution in [2.24, 2.45) is 0 Å². The number of rotatable bonds is 4. The lowest BCUT2D eigenvalue weighted by Crippen LogP contribution is -2.31. The summed E-state index contributed by atoms with van der Waals surface area (Å²) in [5, 5.41) is 0. The van der Waals surface area contributed by atoms with Gasteiger partial charge in [0.15, 0.2) is 11.6 Å². The number of hydrogen-bond acceptors (Lipinski definition) is 3. The van der Waals surface area contributed by atoms with Crippen LogP contribution in [0.5, 0.6) is 0 Å². The van der Waals surface area contributed by atoms with Gasteiger partial charge in [0, 0.05) is 18.7 Å². The highest BCUT2D eigenvalue weighted by molar-refractivity contribution is 6.04. The van der Waals surface area contributed by atoms with Gasteiger partial charge in [-0.05, 0) is 31.2 Å². The number of oxazole rings is 1. The third-order valence-electron chi connectivity index (χ3n) is 3.14. The Morgan fingerprint density at radius 1 is 1.23 bits per heavy atom. The van der Waals surface area contributed by atoms with E-state index < -0.39 is 17.6 Å². The van der Waals surface area contributed by atoms with Crippen molar-refractivity contribution >= 4 is 11.6 Å². The van der Waals surface area contributed by atoms with Gasteiger partial charge < -0.3 is 9.32 Å². The quantitative estimate of drug-likeness (QED) is 0.859. The molecule has 0 N–H and O–H groups in total. The van der Waals surface area contributed by atoms with Crippen molar-refractivity contribution in [3.8, 4) is 0 Å². The van der Waals surface area contributed by atoms with E-state index in [-0.39, 0.29) is 5.69 Å². The summed E-state index contributed by atoms with van der Waals surface area (Å²) < 4.78 is 42.8. The number of hydrogen-bond donors (Lipinski definition) is 0. The molecule has 0 fully saturated rings. The van der Waals surface area contributed by atoms with E-state index in [1.165, 1.54) is 23.3 Å². The molecule has 1 aromatic carbocycles. The summed E-state index contributed by atoms with van der Waals surface area (Å²) in [6.07, 6.45) is -2.59. The Morgan fingerprint density at radius 2 is 1.86 bits per heavy atom. The zero-order chi connectivity index (χ0) is 16.3. The highest BCUT2D eigenvalue weighted by Crippen LogP contribution is 2.30. The van der Waals surface area contributed by atoms with Gasteiger partial charge in [0.2, 0.25) is 0 Å². The summed E-state index contributed by atoms with van der Waals surface area (Å²) in [6.45, 7) is 3.88. The summed E-state index contributed by atoms with van der Waals surface area (Å²) >= 11 is 0. The molecule has 118 valence electrons. The standard InChI is InChI=1S/C15H15F3N2O2/c1-3-13-19-12(9-22-13)14(21)20(4-2)11-7-5-10(6-8-11)15(16,17)18/h5-9H,3-4H2,1-2H3. The van der Waals surface area contributed by atoms with Crippen LogP contribution in [-0.4, -0.2) is 17.4 Å². The highest BCUT2D eigenvalue weighted by Gasteiger charge is 2.30. The maximum atomic E-state index is 12.6. The lowest BCUT2D eigenvalue weighted by molar-refractivity contribution is -0.137.